The van der Waals surface area contributed by atoms with E-state index < -0.39 is 0 Å². The third-order valence-corrected chi connectivity index (χ3v) is 4.60. The van der Waals surface area contributed by atoms with Gasteiger partial charge in [-0.25, -0.2) is 4.79 Å². The van der Waals surface area contributed by atoms with E-state index in [1.165, 1.54) is 11.1 Å². The summed E-state index contributed by atoms with van der Waals surface area (Å²) in [6.45, 7) is 6.53. The average molecular weight is 352 g/mol. The average Bonchev–Trinajstić information content (AvgIpc) is 3.03. The Kier molecular flexibility index (Phi) is 5.62. The van der Waals surface area contributed by atoms with Crippen LogP contribution >= 0.6 is 0 Å². The molecule has 0 spiro atoms. The first kappa shape index (κ1) is 18.5. The minimum Gasteiger partial charge on any atom is -0.445 e. The monoisotopic (exact) mass is 352 g/mol. The first-order valence-electron chi connectivity index (χ1n) is 9.24. The second kappa shape index (κ2) is 7.92. The smallest absolute Gasteiger partial charge is 0.407 e. The molecular weight excluding hydrogens is 324 g/mol. The van der Waals surface area contributed by atoms with E-state index >= 15 is 0 Å². The highest BCUT2D eigenvalue weighted by atomic mass is 16.6. The van der Waals surface area contributed by atoms with Crippen LogP contribution in [-0.2, 0) is 4.74 Å². The minimum absolute atomic E-state index is 0.114. The van der Waals surface area contributed by atoms with E-state index in [0.717, 1.165) is 6.42 Å². The number of ether oxygens (including phenoxy) is 1. The van der Waals surface area contributed by atoms with Gasteiger partial charge in [0.1, 0.15) is 6.10 Å². The molecule has 0 aromatic heterocycles. The van der Waals surface area contributed by atoms with Gasteiger partial charge in [-0.15, -0.1) is 0 Å². The molecule has 0 bridgehead atoms. The maximum atomic E-state index is 12.1. The molecule has 26 heavy (non-hydrogen) atoms. The number of carbonyl (C=O) groups excluding carboxylic acids is 1. The molecule has 1 fully saturated rings. The van der Waals surface area contributed by atoms with Crippen molar-refractivity contribution in [2.24, 2.45) is 0 Å². The van der Waals surface area contributed by atoms with E-state index in [1.807, 2.05) is 32.9 Å². The molecule has 3 rings (SSSR count). The lowest BCUT2D eigenvalue weighted by Crippen LogP contribution is -2.42. The maximum absolute atomic E-state index is 12.1. The van der Waals surface area contributed by atoms with Crippen LogP contribution in [0, 0.1) is 0 Å². The Labute approximate surface area is 156 Å². The van der Waals surface area contributed by atoms with Gasteiger partial charge in [0.25, 0.3) is 0 Å². The van der Waals surface area contributed by atoms with Crippen LogP contribution in [0.25, 0.3) is 0 Å². The SMILES string of the molecule is CC(C)(C)NC(=O)O[C@H]1CN[C@@H](C(c2ccccc2)c2ccccc2)C1. The summed E-state index contributed by atoms with van der Waals surface area (Å²) < 4.78 is 5.63. The van der Waals surface area contributed by atoms with Crippen molar-refractivity contribution in [3.63, 3.8) is 0 Å². The summed E-state index contributed by atoms with van der Waals surface area (Å²) in [4.78, 5) is 12.1. The van der Waals surface area contributed by atoms with Gasteiger partial charge in [0.2, 0.25) is 0 Å². The molecule has 1 aliphatic rings. The molecule has 0 aliphatic carbocycles. The Morgan fingerprint density at radius 3 is 2.08 bits per heavy atom. The molecule has 1 saturated heterocycles. The topological polar surface area (TPSA) is 50.4 Å². The summed E-state index contributed by atoms with van der Waals surface area (Å²) in [5, 5.41) is 6.43. The summed E-state index contributed by atoms with van der Waals surface area (Å²) in [5.41, 5.74) is 2.26. The fraction of sp³-hybridized carbons (Fsp3) is 0.409. The van der Waals surface area contributed by atoms with Crippen LogP contribution in [0.4, 0.5) is 4.79 Å². The fourth-order valence-corrected chi connectivity index (χ4v) is 3.54. The Balaban J connectivity index is 1.72. The van der Waals surface area contributed by atoms with Crippen molar-refractivity contribution >= 4 is 6.09 Å². The van der Waals surface area contributed by atoms with Gasteiger partial charge in [-0.2, -0.15) is 0 Å². The number of carbonyl (C=O) groups is 1. The minimum atomic E-state index is -0.346. The highest BCUT2D eigenvalue weighted by Gasteiger charge is 2.34. The molecule has 2 aromatic carbocycles. The molecule has 138 valence electrons. The third-order valence-electron chi connectivity index (χ3n) is 4.60. The lowest BCUT2D eigenvalue weighted by molar-refractivity contribution is 0.0989. The summed E-state index contributed by atoms with van der Waals surface area (Å²) in [6.07, 6.45) is 0.338. The Morgan fingerprint density at radius 1 is 1.04 bits per heavy atom. The van der Waals surface area contributed by atoms with Crippen LogP contribution in [0.15, 0.2) is 60.7 Å². The van der Waals surface area contributed by atoms with Gasteiger partial charge >= 0.3 is 6.09 Å². The molecule has 1 aliphatic heterocycles. The first-order valence-corrected chi connectivity index (χ1v) is 9.24. The van der Waals surface area contributed by atoms with Crippen molar-refractivity contribution in [3.05, 3.63) is 71.8 Å². The van der Waals surface area contributed by atoms with Crippen LogP contribution < -0.4 is 10.6 Å². The number of rotatable bonds is 4. The number of hydrogen-bond acceptors (Lipinski definition) is 3. The second-order valence-electron chi connectivity index (χ2n) is 7.95. The molecule has 0 unspecified atom stereocenters. The Morgan fingerprint density at radius 2 is 1.58 bits per heavy atom. The van der Waals surface area contributed by atoms with Crippen LogP contribution in [0.1, 0.15) is 44.2 Å². The molecule has 2 aromatic rings. The first-order chi connectivity index (χ1) is 12.4. The molecule has 4 heteroatoms. The predicted octanol–water partition coefficient (Wildman–Crippen LogP) is 4.07. The van der Waals surface area contributed by atoms with Gasteiger partial charge in [0.15, 0.2) is 0 Å². The lowest BCUT2D eigenvalue weighted by Gasteiger charge is -2.25. The van der Waals surface area contributed by atoms with Gasteiger partial charge in [-0.1, -0.05) is 60.7 Å². The van der Waals surface area contributed by atoms with E-state index in [-0.39, 0.29) is 29.7 Å². The second-order valence-corrected chi connectivity index (χ2v) is 7.95. The highest BCUT2D eigenvalue weighted by molar-refractivity contribution is 5.68. The molecule has 1 amide bonds. The van der Waals surface area contributed by atoms with E-state index in [4.69, 9.17) is 4.74 Å². The fourth-order valence-electron chi connectivity index (χ4n) is 3.54. The van der Waals surface area contributed by atoms with Crippen LogP contribution in [0.5, 0.6) is 0 Å². The van der Waals surface area contributed by atoms with Crippen molar-refractivity contribution in [1.29, 1.82) is 0 Å². The van der Waals surface area contributed by atoms with Gasteiger partial charge in [-0.05, 0) is 31.9 Å². The van der Waals surface area contributed by atoms with Crippen LogP contribution in [0.3, 0.4) is 0 Å². The van der Waals surface area contributed by atoms with Gasteiger partial charge in [0.05, 0.1) is 0 Å². The number of hydrogen-bond donors (Lipinski definition) is 2. The van der Waals surface area contributed by atoms with E-state index in [9.17, 15) is 4.79 Å². The molecular formula is C22H28N2O2. The standard InChI is InChI=1S/C22H28N2O2/c1-22(2,3)24-21(25)26-18-14-19(23-15-18)20(16-10-6-4-7-11-16)17-12-8-5-9-13-17/h4-13,18-20,23H,14-15H2,1-3H3,(H,24,25)/t18-,19-/m1/s1. The Bertz CT molecular complexity index is 670. The number of alkyl carbamates (subject to hydrolysis) is 1. The lowest BCUT2D eigenvalue weighted by atomic mass is 9.84. The highest BCUT2D eigenvalue weighted by Crippen LogP contribution is 2.32. The van der Waals surface area contributed by atoms with Crippen LogP contribution in [0.2, 0.25) is 0 Å². The quantitative estimate of drug-likeness (QED) is 0.872. The predicted molar refractivity (Wildman–Crippen MR) is 104 cm³/mol. The van der Waals surface area contributed by atoms with Gasteiger partial charge in [0, 0.05) is 30.5 Å². The zero-order chi connectivity index (χ0) is 18.6. The van der Waals surface area contributed by atoms with E-state index in [2.05, 4.69) is 59.2 Å². The number of nitrogens with one attached hydrogen (secondary N) is 2. The van der Waals surface area contributed by atoms with Crippen molar-refractivity contribution in [2.75, 3.05) is 6.54 Å². The molecule has 0 saturated carbocycles. The summed E-state index contributed by atoms with van der Waals surface area (Å²) >= 11 is 0. The summed E-state index contributed by atoms with van der Waals surface area (Å²) in [6, 6.07) is 21.3. The van der Waals surface area contributed by atoms with Crippen molar-refractivity contribution in [2.45, 2.75) is 50.8 Å². The van der Waals surface area contributed by atoms with Crippen molar-refractivity contribution in [1.82, 2.24) is 10.6 Å². The van der Waals surface area contributed by atoms with Gasteiger partial charge in [-0.3, -0.25) is 0 Å². The zero-order valence-corrected chi connectivity index (χ0v) is 15.7. The number of benzene rings is 2. The summed E-state index contributed by atoms with van der Waals surface area (Å²) in [7, 11) is 0. The normalized spacial score (nSPS) is 20.2. The molecule has 2 N–H and O–H groups in total. The van der Waals surface area contributed by atoms with E-state index in [1.54, 1.807) is 0 Å². The van der Waals surface area contributed by atoms with E-state index in [0.29, 0.717) is 6.54 Å². The van der Waals surface area contributed by atoms with Crippen molar-refractivity contribution in [3.8, 4) is 0 Å². The maximum Gasteiger partial charge on any atom is 0.407 e. The number of amides is 1. The largest absolute Gasteiger partial charge is 0.445 e. The third kappa shape index (κ3) is 4.85. The molecule has 2 atom stereocenters. The van der Waals surface area contributed by atoms with Crippen LogP contribution in [-0.4, -0.2) is 30.3 Å². The summed E-state index contributed by atoms with van der Waals surface area (Å²) in [5.74, 6) is 0.233. The molecule has 1 heterocycles. The molecule has 0 radical (unpaired) electrons. The zero-order valence-electron chi connectivity index (χ0n) is 15.7. The Hall–Kier alpha value is -2.33. The van der Waals surface area contributed by atoms with Gasteiger partial charge < -0.3 is 15.4 Å². The van der Waals surface area contributed by atoms with Crippen molar-refractivity contribution < 1.29 is 9.53 Å². The molecule has 4 nitrogen and oxygen atoms in total.